The standard InChI is InChI=1S/C10H8N2/c1-2-9-4-3-8(6-11)5-10(9)7-12/h3-5H,2H2,1H3. The second-order valence-electron chi connectivity index (χ2n) is 2.45. The van der Waals surface area contributed by atoms with Crippen molar-refractivity contribution in [3.05, 3.63) is 34.9 Å². The average Bonchev–Trinajstić information content (AvgIpc) is 2.16. The average molecular weight is 156 g/mol. The number of hydrogen-bond donors (Lipinski definition) is 0. The first kappa shape index (κ1) is 8.30. The van der Waals surface area contributed by atoms with Crippen LogP contribution in [0.4, 0.5) is 0 Å². The Balaban J connectivity index is 3.24. The van der Waals surface area contributed by atoms with Crippen LogP contribution < -0.4 is 0 Å². The maximum Gasteiger partial charge on any atom is 0.0994 e. The van der Waals surface area contributed by atoms with E-state index in [1.165, 1.54) is 0 Å². The lowest BCUT2D eigenvalue weighted by Crippen LogP contribution is -1.88. The van der Waals surface area contributed by atoms with Crippen molar-refractivity contribution >= 4 is 0 Å². The third kappa shape index (κ3) is 1.44. The summed E-state index contributed by atoms with van der Waals surface area (Å²) < 4.78 is 0. The zero-order chi connectivity index (χ0) is 8.97. The Morgan fingerprint density at radius 1 is 1.25 bits per heavy atom. The van der Waals surface area contributed by atoms with Gasteiger partial charge in [-0.05, 0) is 24.1 Å². The molecule has 0 spiro atoms. The largest absolute Gasteiger partial charge is 0.192 e. The van der Waals surface area contributed by atoms with Gasteiger partial charge in [0.2, 0.25) is 0 Å². The molecule has 0 aliphatic heterocycles. The molecule has 0 aliphatic carbocycles. The molecule has 1 aromatic rings. The molecule has 2 heteroatoms. The second kappa shape index (κ2) is 3.55. The van der Waals surface area contributed by atoms with Gasteiger partial charge in [-0.15, -0.1) is 0 Å². The van der Waals surface area contributed by atoms with Gasteiger partial charge in [-0.2, -0.15) is 10.5 Å². The first-order valence-corrected chi connectivity index (χ1v) is 3.75. The fourth-order valence-corrected chi connectivity index (χ4v) is 1.06. The molecule has 0 N–H and O–H groups in total. The van der Waals surface area contributed by atoms with E-state index < -0.39 is 0 Å². The molecular formula is C10H8N2. The third-order valence-corrected chi connectivity index (χ3v) is 1.74. The first-order valence-electron chi connectivity index (χ1n) is 3.75. The molecule has 0 unspecified atom stereocenters. The molecule has 12 heavy (non-hydrogen) atoms. The van der Waals surface area contributed by atoms with E-state index in [-0.39, 0.29) is 0 Å². The molecule has 0 aromatic heterocycles. The summed E-state index contributed by atoms with van der Waals surface area (Å²) in [5, 5.41) is 17.3. The van der Waals surface area contributed by atoms with Crippen molar-refractivity contribution in [1.29, 1.82) is 10.5 Å². The van der Waals surface area contributed by atoms with Gasteiger partial charge in [-0.3, -0.25) is 0 Å². The molecule has 1 rings (SSSR count). The normalized spacial score (nSPS) is 8.58. The molecule has 0 bridgehead atoms. The van der Waals surface area contributed by atoms with Gasteiger partial charge >= 0.3 is 0 Å². The van der Waals surface area contributed by atoms with E-state index in [0.717, 1.165) is 12.0 Å². The van der Waals surface area contributed by atoms with Crippen LogP contribution in [0.25, 0.3) is 0 Å². The van der Waals surface area contributed by atoms with Gasteiger partial charge in [0.25, 0.3) is 0 Å². The van der Waals surface area contributed by atoms with Crippen LogP contribution in [-0.4, -0.2) is 0 Å². The maximum atomic E-state index is 8.71. The summed E-state index contributed by atoms with van der Waals surface area (Å²) in [6.07, 6.45) is 0.828. The van der Waals surface area contributed by atoms with Crippen LogP contribution in [0.2, 0.25) is 0 Å². The second-order valence-corrected chi connectivity index (χ2v) is 2.45. The maximum absolute atomic E-state index is 8.71. The third-order valence-electron chi connectivity index (χ3n) is 1.74. The number of nitrogens with zero attached hydrogens (tertiary/aromatic N) is 2. The lowest BCUT2D eigenvalue weighted by Gasteiger charge is -1.98. The fourth-order valence-electron chi connectivity index (χ4n) is 1.06. The molecule has 2 nitrogen and oxygen atoms in total. The number of benzene rings is 1. The number of nitriles is 2. The Bertz CT molecular complexity index is 366. The Morgan fingerprint density at radius 3 is 2.50 bits per heavy atom. The summed E-state index contributed by atoms with van der Waals surface area (Å²) in [7, 11) is 0. The summed E-state index contributed by atoms with van der Waals surface area (Å²) >= 11 is 0. The van der Waals surface area contributed by atoms with E-state index in [1.807, 2.05) is 19.1 Å². The molecule has 0 saturated heterocycles. The van der Waals surface area contributed by atoms with Gasteiger partial charge in [-0.1, -0.05) is 13.0 Å². The predicted molar refractivity (Wildman–Crippen MR) is 45.3 cm³/mol. The number of aryl methyl sites for hydroxylation is 1. The van der Waals surface area contributed by atoms with Gasteiger partial charge in [0.1, 0.15) is 0 Å². The van der Waals surface area contributed by atoms with Crippen molar-refractivity contribution in [2.75, 3.05) is 0 Å². The summed E-state index contributed by atoms with van der Waals surface area (Å²) in [6.45, 7) is 1.99. The number of rotatable bonds is 1. The first-order chi connectivity index (χ1) is 5.81. The highest BCUT2D eigenvalue weighted by atomic mass is 14.3. The lowest BCUT2D eigenvalue weighted by molar-refractivity contribution is 1.13. The Labute approximate surface area is 71.7 Å². The molecular weight excluding hydrogens is 148 g/mol. The summed E-state index contributed by atoms with van der Waals surface area (Å²) in [5.74, 6) is 0. The van der Waals surface area contributed by atoms with Crippen molar-refractivity contribution in [3.8, 4) is 12.1 Å². The van der Waals surface area contributed by atoms with Crippen molar-refractivity contribution in [2.45, 2.75) is 13.3 Å². The zero-order valence-electron chi connectivity index (χ0n) is 6.83. The van der Waals surface area contributed by atoms with Crippen LogP contribution >= 0.6 is 0 Å². The molecule has 0 fully saturated rings. The van der Waals surface area contributed by atoms with E-state index in [4.69, 9.17) is 10.5 Å². The summed E-state index contributed by atoms with van der Waals surface area (Å²) in [4.78, 5) is 0. The quantitative estimate of drug-likeness (QED) is 0.624. The van der Waals surface area contributed by atoms with Crippen molar-refractivity contribution in [2.24, 2.45) is 0 Å². The van der Waals surface area contributed by atoms with Crippen molar-refractivity contribution in [1.82, 2.24) is 0 Å². The topological polar surface area (TPSA) is 47.6 Å². The smallest absolute Gasteiger partial charge is 0.0994 e. The van der Waals surface area contributed by atoms with Crippen LogP contribution in [0.5, 0.6) is 0 Å². The zero-order valence-corrected chi connectivity index (χ0v) is 6.83. The van der Waals surface area contributed by atoms with Gasteiger partial charge in [-0.25, -0.2) is 0 Å². The minimum absolute atomic E-state index is 0.545. The SMILES string of the molecule is CCc1ccc(C#N)cc1C#N. The summed E-state index contributed by atoms with van der Waals surface area (Å²) in [5.41, 5.74) is 2.15. The molecule has 0 saturated carbocycles. The Kier molecular flexibility index (Phi) is 2.46. The van der Waals surface area contributed by atoms with Gasteiger partial charge < -0.3 is 0 Å². The minimum atomic E-state index is 0.545. The molecule has 0 heterocycles. The molecule has 0 atom stereocenters. The predicted octanol–water partition coefficient (Wildman–Crippen LogP) is 1.99. The van der Waals surface area contributed by atoms with Crippen LogP contribution in [0, 0.1) is 22.7 Å². The lowest BCUT2D eigenvalue weighted by atomic mass is 10.0. The molecule has 0 radical (unpaired) electrons. The summed E-state index contributed by atoms with van der Waals surface area (Å²) in [6, 6.07) is 9.26. The van der Waals surface area contributed by atoms with E-state index in [2.05, 4.69) is 6.07 Å². The van der Waals surface area contributed by atoms with E-state index in [1.54, 1.807) is 12.1 Å². The molecule has 1 aromatic carbocycles. The van der Waals surface area contributed by atoms with E-state index in [0.29, 0.717) is 11.1 Å². The molecule has 58 valence electrons. The van der Waals surface area contributed by atoms with Gasteiger partial charge in [0.05, 0.1) is 23.3 Å². The van der Waals surface area contributed by atoms with Crippen molar-refractivity contribution in [3.63, 3.8) is 0 Å². The van der Waals surface area contributed by atoms with Crippen LogP contribution in [-0.2, 0) is 6.42 Å². The molecule has 0 amide bonds. The fraction of sp³-hybridized carbons (Fsp3) is 0.200. The van der Waals surface area contributed by atoms with Crippen LogP contribution in [0.15, 0.2) is 18.2 Å². The highest BCUT2D eigenvalue weighted by Crippen LogP contribution is 2.10. The van der Waals surface area contributed by atoms with E-state index >= 15 is 0 Å². The highest BCUT2D eigenvalue weighted by molar-refractivity contribution is 5.44. The minimum Gasteiger partial charge on any atom is -0.192 e. The molecule has 0 aliphatic rings. The Morgan fingerprint density at radius 2 is 2.00 bits per heavy atom. The highest BCUT2D eigenvalue weighted by Gasteiger charge is 2.00. The van der Waals surface area contributed by atoms with Crippen LogP contribution in [0.3, 0.4) is 0 Å². The Hall–Kier alpha value is -1.80. The van der Waals surface area contributed by atoms with E-state index in [9.17, 15) is 0 Å². The monoisotopic (exact) mass is 156 g/mol. The van der Waals surface area contributed by atoms with Crippen molar-refractivity contribution < 1.29 is 0 Å². The number of hydrogen-bond acceptors (Lipinski definition) is 2. The van der Waals surface area contributed by atoms with Gasteiger partial charge in [0, 0.05) is 0 Å². The van der Waals surface area contributed by atoms with Crippen LogP contribution in [0.1, 0.15) is 23.6 Å². The van der Waals surface area contributed by atoms with Gasteiger partial charge in [0.15, 0.2) is 0 Å².